The standard InChI is InChI=1S/C19H31NO/c1-3-5-6-14-21-18-9-7-17(8-10-18)15-20-16-19(11-4-2)12-13-19/h7-10,20H,3-6,11-16H2,1-2H3. The van der Waals surface area contributed by atoms with Crippen LogP contribution in [0, 0.1) is 5.41 Å². The molecule has 1 aliphatic carbocycles. The second-order valence-electron chi connectivity index (χ2n) is 6.55. The Bertz CT molecular complexity index is 395. The summed E-state index contributed by atoms with van der Waals surface area (Å²) < 4.78 is 5.74. The van der Waals surface area contributed by atoms with E-state index in [2.05, 4.69) is 43.4 Å². The molecule has 1 aromatic rings. The molecule has 1 fully saturated rings. The summed E-state index contributed by atoms with van der Waals surface area (Å²) in [6, 6.07) is 8.56. The van der Waals surface area contributed by atoms with E-state index in [0.717, 1.165) is 25.3 Å². The zero-order valence-corrected chi connectivity index (χ0v) is 13.8. The molecule has 21 heavy (non-hydrogen) atoms. The summed E-state index contributed by atoms with van der Waals surface area (Å²) in [5.41, 5.74) is 1.99. The van der Waals surface area contributed by atoms with E-state index in [9.17, 15) is 0 Å². The van der Waals surface area contributed by atoms with Crippen LogP contribution in [0.2, 0.25) is 0 Å². The van der Waals surface area contributed by atoms with Gasteiger partial charge in [0.15, 0.2) is 0 Å². The normalized spacial score (nSPS) is 15.9. The molecule has 2 rings (SSSR count). The predicted octanol–water partition coefficient (Wildman–Crippen LogP) is 4.93. The van der Waals surface area contributed by atoms with Crippen molar-refractivity contribution in [3.63, 3.8) is 0 Å². The Kier molecular flexibility index (Phi) is 6.56. The van der Waals surface area contributed by atoms with E-state index in [-0.39, 0.29) is 0 Å². The third-order valence-electron chi connectivity index (χ3n) is 4.51. The molecule has 0 aromatic heterocycles. The van der Waals surface area contributed by atoms with Crippen molar-refractivity contribution in [1.82, 2.24) is 5.32 Å². The minimum atomic E-state index is 0.636. The fourth-order valence-electron chi connectivity index (χ4n) is 2.94. The first-order valence-corrected chi connectivity index (χ1v) is 8.70. The van der Waals surface area contributed by atoms with Gasteiger partial charge in [-0.3, -0.25) is 0 Å². The molecule has 0 atom stereocenters. The monoisotopic (exact) mass is 289 g/mol. The molecular formula is C19H31NO. The Morgan fingerprint density at radius 3 is 2.43 bits per heavy atom. The summed E-state index contributed by atoms with van der Waals surface area (Å²) in [5, 5.41) is 3.63. The van der Waals surface area contributed by atoms with Crippen LogP contribution in [-0.4, -0.2) is 13.2 Å². The molecule has 0 amide bonds. The lowest BCUT2D eigenvalue weighted by molar-refractivity contribution is 0.306. The Morgan fingerprint density at radius 2 is 1.81 bits per heavy atom. The summed E-state index contributed by atoms with van der Waals surface area (Å²) >= 11 is 0. The number of nitrogens with one attached hydrogen (secondary N) is 1. The smallest absolute Gasteiger partial charge is 0.119 e. The second kappa shape index (κ2) is 8.43. The van der Waals surface area contributed by atoms with Gasteiger partial charge >= 0.3 is 0 Å². The lowest BCUT2D eigenvalue weighted by Crippen LogP contribution is -2.23. The Morgan fingerprint density at radius 1 is 1.05 bits per heavy atom. The summed E-state index contributed by atoms with van der Waals surface area (Å²) in [4.78, 5) is 0. The van der Waals surface area contributed by atoms with Crippen LogP contribution >= 0.6 is 0 Å². The van der Waals surface area contributed by atoms with E-state index >= 15 is 0 Å². The van der Waals surface area contributed by atoms with Gasteiger partial charge < -0.3 is 10.1 Å². The highest BCUT2D eigenvalue weighted by molar-refractivity contribution is 5.27. The fraction of sp³-hybridized carbons (Fsp3) is 0.684. The maximum atomic E-state index is 5.74. The van der Waals surface area contributed by atoms with Crippen LogP contribution in [0.3, 0.4) is 0 Å². The molecule has 2 heteroatoms. The highest BCUT2D eigenvalue weighted by atomic mass is 16.5. The summed E-state index contributed by atoms with van der Waals surface area (Å²) in [5.74, 6) is 1.000. The molecule has 0 heterocycles. The highest BCUT2D eigenvalue weighted by Gasteiger charge is 2.40. The Hall–Kier alpha value is -1.02. The van der Waals surface area contributed by atoms with Gasteiger partial charge in [-0.2, -0.15) is 0 Å². The van der Waals surface area contributed by atoms with Crippen molar-refractivity contribution in [1.29, 1.82) is 0 Å². The van der Waals surface area contributed by atoms with Gasteiger partial charge in [-0.15, -0.1) is 0 Å². The Balaban J connectivity index is 1.65. The summed E-state index contributed by atoms with van der Waals surface area (Å²) in [6.45, 7) is 7.50. The van der Waals surface area contributed by atoms with Gasteiger partial charge in [-0.05, 0) is 48.8 Å². The fourth-order valence-corrected chi connectivity index (χ4v) is 2.94. The first-order chi connectivity index (χ1) is 10.3. The second-order valence-corrected chi connectivity index (χ2v) is 6.55. The van der Waals surface area contributed by atoms with Crippen molar-refractivity contribution in [3.8, 4) is 5.75 Å². The molecule has 0 bridgehead atoms. The van der Waals surface area contributed by atoms with Gasteiger partial charge in [-0.1, -0.05) is 45.2 Å². The lowest BCUT2D eigenvalue weighted by atomic mass is 10.0. The van der Waals surface area contributed by atoms with Crippen molar-refractivity contribution < 1.29 is 4.74 Å². The summed E-state index contributed by atoms with van der Waals surface area (Å²) in [7, 11) is 0. The van der Waals surface area contributed by atoms with Crippen LogP contribution < -0.4 is 10.1 Å². The van der Waals surface area contributed by atoms with Gasteiger partial charge in [0, 0.05) is 13.1 Å². The van der Waals surface area contributed by atoms with Gasteiger partial charge in [0.25, 0.3) is 0 Å². The van der Waals surface area contributed by atoms with E-state index < -0.39 is 0 Å². The molecule has 2 nitrogen and oxygen atoms in total. The molecule has 0 aliphatic heterocycles. The van der Waals surface area contributed by atoms with Crippen molar-refractivity contribution in [3.05, 3.63) is 29.8 Å². The zero-order valence-electron chi connectivity index (χ0n) is 13.8. The average Bonchev–Trinajstić information content (AvgIpc) is 3.25. The topological polar surface area (TPSA) is 21.3 Å². The molecule has 1 N–H and O–H groups in total. The molecule has 1 aliphatic rings. The lowest BCUT2D eigenvalue weighted by Gasteiger charge is -2.15. The van der Waals surface area contributed by atoms with Crippen molar-refractivity contribution in [2.75, 3.05) is 13.2 Å². The van der Waals surface area contributed by atoms with Gasteiger partial charge in [0.1, 0.15) is 5.75 Å². The van der Waals surface area contributed by atoms with E-state index in [1.54, 1.807) is 0 Å². The predicted molar refractivity (Wildman–Crippen MR) is 89.7 cm³/mol. The van der Waals surface area contributed by atoms with Crippen LogP contribution in [0.1, 0.15) is 64.4 Å². The third-order valence-corrected chi connectivity index (χ3v) is 4.51. The number of unbranched alkanes of at least 4 members (excludes halogenated alkanes) is 2. The van der Waals surface area contributed by atoms with E-state index in [1.807, 2.05) is 0 Å². The van der Waals surface area contributed by atoms with Crippen molar-refractivity contribution in [2.45, 2.75) is 65.3 Å². The van der Waals surface area contributed by atoms with Gasteiger partial charge in [0.05, 0.1) is 6.61 Å². The molecule has 0 saturated heterocycles. The Labute approximate surface area is 130 Å². The molecule has 0 unspecified atom stereocenters. The van der Waals surface area contributed by atoms with Gasteiger partial charge in [-0.25, -0.2) is 0 Å². The maximum Gasteiger partial charge on any atom is 0.119 e. The van der Waals surface area contributed by atoms with Crippen LogP contribution in [0.25, 0.3) is 0 Å². The summed E-state index contributed by atoms with van der Waals surface area (Å²) in [6.07, 6.45) is 9.17. The molecular weight excluding hydrogens is 258 g/mol. The molecule has 0 spiro atoms. The van der Waals surface area contributed by atoms with Crippen molar-refractivity contribution >= 4 is 0 Å². The first kappa shape index (κ1) is 16.4. The van der Waals surface area contributed by atoms with Crippen LogP contribution in [0.4, 0.5) is 0 Å². The number of rotatable bonds is 11. The van der Waals surface area contributed by atoms with E-state index in [4.69, 9.17) is 4.74 Å². The minimum absolute atomic E-state index is 0.636. The third kappa shape index (κ3) is 5.70. The number of hydrogen-bond donors (Lipinski definition) is 1. The minimum Gasteiger partial charge on any atom is -0.494 e. The number of ether oxygens (including phenoxy) is 1. The zero-order chi connectivity index (χ0) is 15.0. The van der Waals surface area contributed by atoms with Crippen LogP contribution in [-0.2, 0) is 6.54 Å². The average molecular weight is 289 g/mol. The molecule has 118 valence electrons. The first-order valence-electron chi connectivity index (χ1n) is 8.70. The van der Waals surface area contributed by atoms with Crippen LogP contribution in [0.5, 0.6) is 5.75 Å². The van der Waals surface area contributed by atoms with Crippen LogP contribution in [0.15, 0.2) is 24.3 Å². The SMILES string of the molecule is CCCCCOc1ccc(CNCC2(CCC)CC2)cc1. The number of benzene rings is 1. The largest absolute Gasteiger partial charge is 0.494 e. The molecule has 1 aromatic carbocycles. The maximum absolute atomic E-state index is 5.74. The molecule has 1 saturated carbocycles. The van der Waals surface area contributed by atoms with E-state index in [1.165, 1.54) is 50.6 Å². The van der Waals surface area contributed by atoms with E-state index in [0.29, 0.717) is 5.41 Å². The quantitative estimate of drug-likeness (QED) is 0.583. The highest BCUT2D eigenvalue weighted by Crippen LogP contribution is 2.48. The molecule has 0 radical (unpaired) electrons. The van der Waals surface area contributed by atoms with Gasteiger partial charge in [0.2, 0.25) is 0 Å². The number of hydrogen-bond acceptors (Lipinski definition) is 2. The van der Waals surface area contributed by atoms with Crippen molar-refractivity contribution in [2.24, 2.45) is 5.41 Å².